The van der Waals surface area contributed by atoms with E-state index in [1.54, 1.807) is 0 Å². The molecule has 1 rings (SSSR count). The molecule has 15 heavy (non-hydrogen) atoms. The normalized spacial score (nSPS) is 18.9. The van der Waals surface area contributed by atoms with E-state index in [0.29, 0.717) is 6.54 Å². The van der Waals surface area contributed by atoms with Crippen LogP contribution in [0.25, 0.3) is 0 Å². The van der Waals surface area contributed by atoms with Gasteiger partial charge in [-0.3, -0.25) is 10.0 Å². The van der Waals surface area contributed by atoms with Gasteiger partial charge in [-0.25, -0.2) is 4.31 Å². The van der Waals surface area contributed by atoms with Crippen molar-refractivity contribution in [3.63, 3.8) is 0 Å². The fraction of sp³-hybridized carbons (Fsp3) is 0.889. The molecule has 0 spiro atoms. The van der Waals surface area contributed by atoms with Gasteiger partial charge in [0, 0.05) is 37.7 Å². The molecule has 4 nitrogen and oxygen atoms in total. The predicted octanol–water partition coefficient (Wildman–Crippen LogP) is 0.773. The molecule has 0 aromatic carbocycles. The lowest BCUT2D eigenvalue weighted by atomic mass is 10.4. The van der Waals surface area contributed by atoms with Gasteiger partial charge in [-0.05, 0) is 6.42 Å². The Hall–Kier alpha value is 0.0700. The number of piperazine rings is 1. The van der Waals surface area contributed by atoms with E-state index >= 15 is 0 Å². The molecule has 0 bridgehead atoms. The van der Waals surface area contributed by atoms with E-state index in [4.69, 9.17) is 10.4 Å². The quantitative estimate of drug-likeness (QED) is 0.424. The van der Waals surface area contributed by atoms with Crippen LogP contribution in [0.15, 0.2) is 0 Å². The van der Waals surface area contributed by atoms with Crippen molar-refractivity contribution in [3.05, 3.63) is 0 Å². The molecule has 1 aliphatic rings. The van der Waals surface area contributed by atoms with Crippen LogP contribution >= 0.6 is 23.9 Å². The van der Waals surface area contributed by atoms with E-state index < -0.39 is 0 Å². The number of nitrogens with two attached hydrogens (primary N) is 1. The Morgan fingerprint density at radius 2 is 1.93 bits per heavy atom. The zero-order valence-electron chi connectivity index (χ0n) is 8.89. The topological polar surface area (TPSA) is 56.3 Å². The second-order valence-electron chi connectivity index (χ2n) is 3.42. The second kappa shape index (κ2) is 8.25. The summed E-state index contributed by atoms with van der Waals surface area (Å²) in [7, 11) is 0. The summed E-state index contributed by atoms with van der Waals surface area (Å²) < 4.78 is 2.40. The van der Waals surface area contributed by atoms with Gasteiger partial charge in [0.15, 0.2) is 0 Å². The molecule has 1 heterocycles. The van der Waals surface area contributed by atoms with Crippen LogP contribution in [-0.4, -0.2) is 53.4 Å². The van der Waals surface area contributed by atoms with Gasteiger partial charge in [0.1, 0.15) is 0 Å². The Balaban J connectivity index is 2.02. The maximum absolute atomic E-state index is 8.56. The molecule has 0 aromatic heterocycles. The lowest BCUT2D eigenvalue weighted by Gasteiger charge is -2.32. The fourth-order valence-corrected chi connectivity index (χ4v) is 2.90. The molecule has 0 saturated carbocycles. The van der Waals surface area contributed by atoms with Gasteiger partial charge in [-0.15, -0.1) is 0 Å². The molecule has 0 radical (unpaired) electrons. The molecule has 0 aromatic rings. The average Bonchev–Trinajstić information content (AvgIpc) is 2.27. The van der Waals surface area contributed by atoms with Crippen LogP contribution in [0, 0.1) is 11.3 Å². The average molecular weight is 246 g/mol. The summed E-state index contributed by atoms with van der Waals surface area (Å²) in [6.07, 6.45) is 1.17. The molecular weight excluding hydrogens is 228 g/mol. The molecule has 1 aliphatic heterocycles. The molecular formula is C9H18N4S2. The van der Waals surface area contributed by atoms with Crippen molar-refractivity contribution >= 4 is 23.9 Å². The summed E-state index contributed by atoms with van der Waals surface area (Å²) in [6.45, 7) is 4.75. The van der Waals surface area contributed by atoms with Crippen LogP contribution in [-0.2, 0) is 0 Å². The maximum Gasteiger partial charge on any atom is 0.0866 e. The predicted molar refractivity (Wildman–Crippen MR) is 67.3 cm³/mol. The van der Waals surface area contributed by atoms with Gasteiger partial charge in [-0.2, -0.15) is 5.26 Å². The number of hydrogen-bond acceptors (Lipinski definition) is 6. The third-order valence-corrected chi connectivity index (χ3v) is 4.03. The zero-order chi connectivity index (χ0) is 10.9. The van der Waals surface area contributed by atoms with Crippen molar-refractivity contribution in [3.8, 4) is 6.07 Å². The van der Waals surface area contributed by atoms with Crippen molar-refractivity contribution in [1.82, 2.24) is 9.21 Å². The summed E-state index contributed by atoms with van der Waals surface area (Å²) >= 11 is 3.33. The van der Waals surface area contributed by atoms with E-state index in [-0.39, 0.29) is 0 Å². The van der Waals surface area contributed by atoms with E-state index in [2.05, 4.69) is 15.3 Å². The summed E-state index contributed by atoms with van der Waals surface area (Å²) in [5.74, 6) is 2.20. The maximum atomic E-state index is 8.56. The number of hydrogen-bond donors (Lipinski definition) is 1. The van der Waals surface area contributed by atoms with Crippen molar-refractivity contribution < 1.29 is 0 Å². The van der Waals surface area contributed by atoms with E-state index in [1.807, 2.05) is 11.9 Å². The van der Waals surface area contributed by atoms with Crippen LogP contribution in [0.4, 0.5) is 0 Å². The number of nitriles is 1. The minimum absolute atomic E-state index is 0.572. The highest BCUT2D eigenvalue weighted by Gasteiger charge is 2.16. The first kappa shape index (κ1) is 13.1. The first-order valence-electron chi connectivity index (χ1n) is 5.15. The SMILES string of the molecule is N#CCN1CCN(SCCCSN)CC1. The fourth-order valence-electron chi connectivity index (χ4n) is 1.45. The third kappa shape index (κ3) is 5.64. The standard InChI is InChI=1S/C9H18N4S2/c10-2-3-12-4-6-13(7-5-12)15-9-1-8-14-11/h1,3-9,11H2. The summed E-state index contributed by atoms with van der Waals surface area (Å²) in [6, 6.07) is 2.20. The van der Waals surface area contributed by atoms with Crippen LogP contribution in [0.2, 0.25) is 0 Å². The molecule has 0 atom stereocenters. The Labute approximate surface area is 100 Å². The van der Waals surface area contributed by atoms with Crippen LogP contribution in [0.5, 0.6) is 0 Å². The smallest absolute Gasteiger partial charge is 0.0866 e. The molecule has 6 heteroatoms. The van der Waals surface area contributed by atoms with E-state index in [1.165, 1.54) is 18.4 Å². The number of nitrogens with zero attached hydrogens (tertiary/aromatic N) is 3. The third-order valence-electron chi connectivity index (χ3n) is 2.31. The first-order valence-corrected chi connectivity index (χ1v) is 7.15. The van der Waals surface area contributed by atoms with Crippen molar-refractivity contribution in [1.29, 1.82) is 5.26 Å². The second-order valence-corrected chi connectivity index (χ2v) is 5.35. The molecule has 0 aliphatic carbocycles. The molecule has 1 fully saturated rings. The summed E-state index contributed by atoms with van der Waals surface area (Å²) in [4.78, 5) is 2.20. The highest BCUT2D eigenvalue weighted by Crippen LogP contribution is 2.14. The van der Waals surface area contributed by atoms with Crippen molar-refractivity contribution in [2.45, 2.75) is 6.42 Å². The van der Waals surface area contributed by atoms with Gasteiger partial charge in [0.25, 0.3) is 0 Å². The van der Waals surface area contributed by atoms with E-state index in [0.717, 1.165) is 37.7 Å². The molecule has 0 amide bonds. The zero-order valence-corrected chi connectivity index (χ0v) is 10.5. The van der Waals surface area contributed by atoms with Gasteiger partial charge in [0.05, 0.1) is 12.6 Å². The highest BCUT2D eigenvalue weighted by atomic mass is 32.2. The number of rotatable bonds is 6. The van der Waals surface area contributed by atoms with Gasteiger partial charge >= 0.3 is 0 Å². The van der Waals surface area contributed by atoms with Crippen molar-refractivity contribution in [2.75, 3.05) is 44.2 Å². The van der Waals surface area contributed by atoms with Gasteiger partial charge in [-0.1, -0.05) is 23.9 Å². The highest BCUT2D eigenvalue weighted by molar-refractivity contribution is 7.97. The lowest BCUT2D eigenvalue weighted by Crippen LogP contribution is -2.43. The minimum Gasteiger partial charge on any atom is -0.288 e. The van der Waals surface area contributed by atoms with Crippen LogP contribution < -0.4 is 5.14 Å². The minimum atomic E-state index is 0.572. The van der Waals surface area contributed by atoms with E-state index in [9.17, 15) is 0 Å². The monoisotopic (exact) mass is 246 g/mol. The molecule has 0 unspecified atom stereocenters. The molecule has 86 valence electrons. The van der Waals surface area contributed by atoms with Crippen LogP contribution in [0.1, 0.15) is 6.42 Å². The Bertz CT molecular complexity index is 199. The Morgan fingerprint density at radius 1 is 1.20 bits per heavy atom. The lowest BCUT2D eigenvalue weighted by molar-refractivity contribution is 0.216. The molecule has 2 N–H and O–H groups in total. The summed E-state index contributed by atoms with van der Waals surface area (Å²) in [5, 5.41) is 13.9. The molecule has 1 saturated heterocycles. The van der Waals surface area contributed by atoms with Crippen LogP contribution in [0.3, 0.4) is 0 Å². The van der Waals surface area contributed by atoms with Gasteiger partial charge in [0.2, 0.25) is 0 Å². The summed E-state index contributed by atoms with van der Waals surface area (Å²) in [5.41, 5.74) is 0. The Kier molecular flexibility index (Phi) is 7.22. The Morgan fingerprint density at radius 3 is 2.53 bits per heavy atom. The largest absolute Gasteiger partial charge is 0.288 e. The van der Waals surface area contributed by atoms with Gasteiger partial charge < -0.3 is 0 Å². The van der Waals surface area contributed by atoms with Crippen molar-refractivity contribution in [2.24, 2.45) is 5.14 Å². The first-order chi connectivity index (χ1) is 7.36.